The summed E-state index contributed by atoms with van der Waals surface area (Å²) in [6.45, 7) is 1.56. The zero-order valence-electron chi connectivity index (χ0n) is 10.4. The molecule has 0 aliphatic rings. The van der Waals surface area contributed by atoms with E-state index in [0.29, 0.717) is 0 Å². The van der Waals surface area contributed by atoms with Crippen LogP contribution < -0.4 is 10.1 Å². The lowest BCUT2D eigenvalue weighted by atomic mass is 10.0. The molecule has 1 unspecified atom stereocenters. The Bertz CT molecular complexity index is 484. The quantitative estimate of drug-likeness (QED) is 0.874. The summed E-state index contributed by atoms with van der Waals surface area (Å²) in [5, 5.41) is 10.7. The van der Waals surface area contributed by atoms with Gasteiger partial charge in [-0.3, -0.25) is 4.79 Å². The van der Waals surface area contributed by atoms with Crippen molar-refractivity contribution >= 4 is 11.9 Å². The van der Waals surface area contributed by atoms with Crippen LogP contribution in [0.3, 0.4) is 0 Å². The molecule has 0 bridgehead atoms. The number of halogens is 3. The summed E-state index contributed by atoms with van der Waals surface area (Å²) < 4.78 is 39.6. The van der Waals surface area contributed by atoms with Crippen LogP contribution in [-0.4, -0.2) is 23.3 Å². The Hall–Kier alpha value is -2.25. The molecule has 0 aliphatic carbocycles. The molecule has 2 N–H and O–H groups in total. The van der Waals surface area contributed by atoms with Gasteiger partial charge in [-0.1, -0.05) is 19.1 Å². The standard InChI is InChI=1S/C12H12F3NO4/c1-2-9(17)10(16-11(18)19)7-3-5-8(6-4-7)20-12(13,14)15/h3-6,10,16H,2H2,1H3,(H,18,19). The first-order valence-electron chi connectivity index (χ1n) is 5.61. The summed E-state index contributed by atoms with van der Waals surface area (Å²) >= 11 is 0. The summed E-state index contributed by atoms with van der Waals surface area (Å²) in [4.78, 5) is 22.2. The molecule has 0 heterocycles. The topological polar surface area (TPSA) is 75.6 Å². The number of alkyl halides is 3. The summed E-state index contributed by atoms with van der Waals surface area (Å²) in [5.74, 6) is -0.837. The van der Waals surface area contributed by atoms with E-state index < -0.39 is 30.0 Å². The van der Waals surface area contributed by atoms with Crippen LogP contribution in [0.25, 0.3) is 0 Å². The number of rotatable bonds is 5. The number of carboxylic acid groups (broad SMARTS) is 1. The Labute approximate surface area is 112 Å². The van der Waals surface area contributed by atoms with Crippen molar-refractivity contribution in [3.8, 4) is 5.75 Å². The minimum Gasteiger partial charge on any atom is -0.465 e. The van der Waals surface area contributed by atoms with Crippen LogP contribution in [0.4, 0.5) is 18.0 Å². The summed E-state index contributed by atoms with van der Waals surface area (Å²) in [6.07, 6.45) is -6.11. The summed E-state index contributed by atoms with van der Waals surface area (Å²) in [7, 11) is 0. The van der Waals surface area contributed by atoms with Gasteiger partial charge in [-0.05, 0) is 17.7 Å². The number of benzene rings is 1. The molecule has 0 radical (unpaired) electrons. The SMILES string of the molecule is CCC(=O)C(NC(=O)O)c1ccc(OC(F)(F)F)cc1. The van der Waals surface area contributed by atoms with E-state index in [1.165, 1.54) is 12.1 Å². The first kappa shape index (κ1) is 15.8. The summed E-state index contributed by atoms with van der Waals surface area (Å²) in [6, 6.07) is 3.33. The summed E-state index contributed by atoms with van der Waals surface area (Å²) in [5.41, 5.74) is 0.244. The number of carbonyl (C=O) groups excluding carboxylic acids is 1. The molecule has 0 spiro atoms. The van der Waals surface area contributed by atoms with Crippen LogP contribution >= 0.6 is 0 Å². The van der Waals surface area contributed by atoms with E-state index in [2.05, 4.69) is 4.74 Å². The normalized spacial score (nSPS) is 12.6. The molecule has 1 rings (SSSR count). The molecule has 1 amide bonds. The molecule has 1 atom stereocenters. The number of hydrogen-bond donors (Lipinski definition) is 2. The average molecular weight is 291 g/mol. The van der Waals surface area contributed by atoms with Crippen LogP contribution in [0, 0.1) is 0 Å². The highest BCUT2D eigenvalue weighted by Crippen LogP contribution is 2.25. The zero-order valence-corrected chi connectivity index (χ0v) is 10.4. The highest BCUT2D eigenvalue weighted by atomic mass is 19.4. The second kappa shape index (κ2) is 6.27. The Morgan fingerprint density at radius 3 is 2.25 bits per heavy atom. The van der Waals surface area contributed by atoms with Crippen molar-refractivity contribution < 1.29 is 32.6 Å². The van der Waals surface area contributed by atoms with Gasteiger partial charge in [0.2, 0.25) is 0 Å². The third-order valence-electron chi connectivity index (χ3n) is 2.39. The molecule has 0 fully saturated rings. The van der Waals surface area contributed by atoms with Crippen molar-refractivity contribution in [3.63, 3.8) is 0 Å². The highest BCUT2D eigenvalue weighted by molar-refractivity contribution is 5.88. The van der Waals surface area contributed by atoms with E-state index in [1.807, 2.05) is 5.32 Å². The molecule has 0 saturated carbocycles. The van der Waals surface area contributed by atoms with Crippen LogP contribution in [0.2, 0.25) is 0 Å². The fourth-order valence-corrected chi connectivity index (χ4v) is 1.54. The van der Waals surface area contributed by atoms with Crippen molar-refractivity contribution in [2.24, 2.45) is 0 Å². The number of ketones is 1. The zero-order chi connectivity index (χ0) is 15.3. The minimum atomic E-state index is -4.81. The lowest BCUT2D eigenvalue weighted by Crippen LogP contribution is -2.32. The molecule has 0 aliphatic heterocycles. The molecule has 20 heavy (non-hydrogen) atoms. The Kier molecular flexibility index (Phi) is 4.95. The van der Waals surface area contributed by atoms with E-state index in [4.69, 9.17) is 5.11 Å². The molecule has 0 aromatic heterocycles. The van der Waals surface area contributed by atoms with Crippen LogP contribution in [0.15, 0.2) is 24.3 Å². The molecule has 8 heteroatoms. The van der Waals surface area contributed by atoms with Crippen LogP contribution in [-0.2, 0) is 4.79 Å². The number of carbonyl (C=O) groups is 2. The van der Waals surface area contributed by atoms with Gasteiger partial charge in [0.15, 0.2) is 5.78 Å². The molecule has 110 valence electrons. The second-order valence-corrected chi connectivity index (χ2v) is 3.82. The molecule has 1 aromatic carbocycles. The van der Waals surface area contributed by atoms with Crippen molar-refractivity contribution in [1.82, 2.24) is 5.32 Å². The van der Waals surface area contributed by atoms with Crippen LogP contribution in [0.5, 0.6) is 5.75 Å². The molecule has 5 nitrogen and oxygen atoms in total. The minimum absolute atomic E-state index is 0.0890. The Balaban J connectivity index is 2.93. The largest absolute Gasteiger partial charge is 0.573 e. The maximum atomic E-state index is 12.0. The number of Topliss-reactive ketones (excluding diaryl/α,β-unsaturated/α-hetero) is 1. The number of ether oxygens (including phenoxy) is 1. The molecular formula is C12H12F3NO4. The lowest BCUT2D eigenvalue weighted by molar-refractivity contribution is -0.274. The van der Waals surface area contributed by atoms with Gasteiger partial charge in [0.1, 0.15) is 11.8 Å². The molecular weight excluding hydrogens is 279 g/mol. The monoisotopic (exact) mass is 291 g/mol. The smallest absolute Gasteiger partial charge is 0.465 e. The van der Waals surface area contributed by atoms with Crippen molar-refractivity contribution in [1.29, 1.82) is 0 Å². The van der Waals surface area contributed by atoms with Gasteiger partial charge < -0.3 is 15.2 Å². The predicted octanol–water partition coefficient (Wildman–Crippen LogP) is 2.87. The highest BCUT2D eigenvalue weighted by Gasteiger charge is 2.31. The second-order valence-electron chi connectivity index (χ2n) is 3.82. The van der Waals surface area contributed by atoms with E-state index in [1.54, 1.807) is 6.92 Å². The first-order valence-corrected chi connectivity index (χ1v) is 5.61. The van der Waals surface area contributed by atoms with Crippen molar-refractivity contribution in [2.75, 3.05) is 0 Å². The van der Waals surface area contributed by atoms with Crippen molar-refractivity contribution in [2.45, 2.75) is 25.7 Å². The Morgan fingerprint density at radius 1 is 1.30 bits per heavy atom. The van der Waals surface area contributed by atoms with Gasteiger partial charge in [0.05, 0.1) is 0 Å². The third kappa shape index (κ3) is 4.79. The first-order chi connectivity index (χ1) is 9.23. The Morgan fingerprint density at radius 2 is 1.85 bits per heavy atom. The van der Waals surface area contributed by atoms with Gasteiger partial charge >= 0.3 is 12.5 Å². The van der Waals surface area contributed by atoms with Gasteiger partial charge in [-0.2, -0.15) is 0 Å². The van der Waals surface area contributed by atoms with Crippen molar-refractivity contribution in [3.05, 3.63) is 29.8 Å². The van der Waals surface area contributed by atoms with E-state index in [-0.39, 0.29) is 12.0 Å². The average Bonchev–Trinajstić information content (AvgIpc) is 2.34. The fourth-order valence-electron chi connectivity index (χ4n) is 1.54. The molecule has 1 aromatic rings. The van der Waals surface area contributed by atoms with E-state index >= 15 is 0 Å². The predicted molar refractivity (Wildman–Crippen MR) is 62.3 cm³/mol. The van der Waals surface area contributed by atoms with Gasteiger partial charge in [0.25, 0.3) is 0 Å². The van der Waals surface area contributed by atoms with Gasteiger partial charge in [-0.15, -0.1) is 13.2 Å². The maximum absolute atomic E-state index is 12.0. The van der Waals surface area contributed by atoms with Gasteiger partial charge in [-0.25, -0.2) is 4.79 Å². The van der Waals surface area contributed by atoms with E-state index in [9.17, 15) is 22.8 Å². The number of amides is 1. The van der Waals surface area contributed by atoms with Gasteiger partial charge in [0, 0.05) is 6.42 Å². The number of hydrogen-bond acceptors (Lipinski definition) is 3. The number of nitrogens with one attached hydrogen (secondary N) is 1. The van der Waals surface area contributed by atoms with E-state index in [0.717, 1.165) is 12.1 Å². The maximum Gasteiger partial charge on any atom is 0.573 e. The fraction of sp³-hybridized carbons (Fsp3) is 0.333. The van der Waals surface area contributed by atoms with Crippen LogP contribution in [0.1, 0.15) is 24.9 Å². The third-order valence-corrected chi connectivity index (χ3v) is 2.39. The lowest BCUT2D eigenvalue weighted by Gasteiger charge is -2.16. The molecule has 0 saturated heterocycles.